The van der Waals surface area contributed by atoms with Gasteiger partial charge in [0.1, 0.15) is 0 Å². The molecule has 0 saturated carbocycles. The SMILES string of the molecule is CCC1(CC)CCN(C2CNCCC2C)CC1. The topological polar surface area (TPSA) is 15.3 Å². The minimum Gasteiger partial charge on any atom is -0.315 e. The van der Waals surface area contributed by atoms with Crippen molar-refractivity contribution in [3.63, 3.8) is 0 Å². The largest absolute Gasteiger partial charge is 0.315 e. The number of hydrogen-bond acceptors (Lipinski definition) is 2. The molecule has 2 unspecified atom stereocenters. The molecule has 2 aliphatic heterocycles. The molecule has 0 aromatic rings. The zero-order valence-electron chi connectivity index (χ0n) is 12.0. The van der Waals surface area contributed by atoms with Crippen molar-refractivity contribution in [3.8, 4) is 0 Å². The summed E-state index contributed by atoms with van der Waals surface area (Å²) in [6, 6.07) is 0.801. The number of likely N-dealkylation sites (tertiary alicyclic amines) is 1. The number of nitrogens with zero attached hydrogens (tertiary/aromatic N) is 1. The Bertz CT molecular complexity index is 225. The number of piperidine rings is 2. The van der Waals surface area contributed by atoms with E-state index in [9.17, 15) is 0 Å². The van der Waals surface area contributed by atoms with Crippen LogP contribution in [0.4, 0.5) is 0 Å². The molecule has 17 heavy (non-hydrogen) atoms. The summed E-state index contributed by atoms with van der Waals surface area (Å²) in [4.78, 5) is 2.76. The molecular weight excluding hydrogens is 208 g/mol. The molecular formula is C15H30N2. The molecule has 0 amide bonds. The van der Waals surface area contributed by atoms with Crippen LogP contribution < -0.4 is 5.32 Å². The third-order valence-corrected chi connectivity index (χ3v) is 5.61. The predicted molar refractivity (Wildman–Crippen MR) is 74.3 cm³/mol. The monoisotopic (exact) mass is 238 g/mol. The van der Waals surface area contributed by atoms with Crippen molar-refractivity contribution in [2.45, 2.75) is 58.9 Å². The summed E-state index contributed by atoms with van der Waals surface area (Å²) in [6.45, 7) is 12.3. The van der Waals surface area contributed by atoms with Crippen LogP contribution in [0.25, 0.3) is 0 Å². The van der Waals surface area contributed by atoms with Gasteiger partial charge in [-0.15, -0.1) is 0 Å². The van der Waals surface area contributed by atoms with E-state index < -0.39 is 0 Å². The van der Waals surface area contributed by atoms with Crippen molar-refractivity contribution >= 4 is 0 Å². The fourth-order valence-electron chi connectivity index (χ4n) is 3.75. The van der Waals surface area contributed by atoms with Crippen LogP contribution >= 0.6 is 0 Å². The molecule has 2 rings (SSSR count). The molecule has 2 atom stereocenters. The maximum absolute atomic E-state index is 3.57. The Morgan fingerprint density at radius 3 is 2.35 bits per heavy atom. The van der Waals surface area contributed by atoms with Crippen molar-refractivity contribution in [1.29, 1.82) is 0 Å². The lowest BCUT2D eigenvalue weighted by atomic mass is 9.73. The van der Waals surface area contributed by atoms with E-state index in [1.165, 1.54) is 58.3 Å². The summed E-state index contributed by atoms with van der Waals surface area (Å²) < 4.78 is 0. The Kier molecular flexibility index (Phi) is 4.48. The number of nitrogens with one attached hydrogen (secondary N) is 1. The fraction of sp³-hybridized carbons (Fsp3) is 1.00. The van der Waals surface area contributed by atoms with E-state index in [1.54, 1.807) is 0 Å². The molecule has 2 saturated heterocycles. The molecule has 2 heterocycles. The molecule has 0 aliphatic carbocycles. The molecule has 0 radical (unpaired) electrons. The highest BCUT2D eigenvalue weighted by Gasteiger charge is 2.35. The molecule has 0 bridgehead atoms. The van der Waals surface area contributed by atoms with Gasteiger partial charge in [0.25, 0.3) is 0 Å². The van der Waals surface area contributed by atoms with E-state index in [0.717, 1.165) is 12.0 Å². The Morgan fingerprint density at radius 1 is 1.18 bits per heavy atom. The van der Waals surface area contributed by atoms with Crippen LogP contribution in [0, 0.1) is 11.3 Å². The van der Waals surface area contributed by atoms with Crippen molar-refractivity contribution in [1.82, 2.24) is 10.2 Å². The average Bonchev–Trinajstić information content (AvgIpc) is 2.40. The zero-order valence-corrected chi connectivity index (χ0v) is 12.0. The van der Waals surface area contributed by atoms with Gasteiger partial charge < -0.3 is 5.32 Å². The first kappa shape index (κ1) is 13.4. The summed E-state index contributed by atoms with van der Waals surface area (Å²) in [5, 5.41) is 3.57. The first-order valence-corrected chi connectivity index (χ1v) is 7.65. The summed E-state index contributed by atoms with van der Waals surface area (Å²) in [7, 11) is 0. The Hall–Kier alpha value is -0.0800. The van der Waals surface area contributed by atoms with Crippen LogP contribution in [0.5, 0.6) is 0 Å². The van der Waals surface area contributed by atoms with Gasteiger partial charge in [0.05, 0.1) is 0 Å². The molecule has 1 N–H and O–H groups in total. The highest BCUT2D eigenvalue weighted by Crippen LogP contribution is 2.39. The zero-order chi connectivity index (χ0) is 12.3. The molecule has 2 heteroatoms. The van der Waals surface area contributed by atoms with Gasteiger partial charge >= 0.3 is 0 Å². The van der Waals surface area contributed by atoms with Gasteiger partial charge in [-0.2, -0.15) is 0 Å². The second-order valence-electron chi connectivity index (χ2n) is 6.28. The van der Waals surface area contributed by atoms with E-state index in [4.69, 9.17) is 0 Å². The first-order chi connectivity index (χ1) is 8.21. The summed E-state index contributed by atoms with van der Waals surface area (Å²) in [5.41, 5.74) is 0.668. The molecule has 0 spiro atoms. The number of rotatable bonds is 3. The maximum Gasteiger partial charge on any atom is 0.0246 e. The summed E-state index contributed by atoms with van der Waals surface area (Å²) >= 11 is 0. The standard InChI is InChI=1S/C15H30N2/c1-4-15(5-2)7-10-17(11-8-15)14-12-16-9-6-13(14)3/h13-14,16H,4-12H2,1-3H3. The third kappa shape index (κ3) is 2.85. The van der Waals surface area contributed by atoms with Crippen LogP contribution in [0.15, 0.2) is 0 Å². The summed E-state index contributed by atoms with van der Waals surface area (Å²) in [6.07, 6.45) is 6.94. The van der Waals surface area contributed by atoms with Crippen LogP contribution in [0.3, 0.4) is 0 Å². The van der Waals surface area contributed by atoms with E-state index in [2.05, 4.69) is 31.0 Å². The average molecular weight is 238 g/mol. The highest BCUT2D eigenvalue weighted by atomic mass is 15.2. The van der Waals surface area contributed by atoms with Crippen molar-refractivity contribution in [2.24, 2.45) is 11.3 Å². The van der Waals surface area contributed by atoms with E-state index in [0.29, 0.717) is 5.41 Å². The van der Waals surface area contributed by atoms with E-state index in [1.807, 2.05) is 0 Å². The van der Waals surface area contributed by atoms with Crippen molar-refractivity contribution < 1.29 is 0 Å². The van der Waals surface area contributed by atoms with Gasteiger partial charge in [-0.3, -0.25) is 4.90 Å². The van der Waals surface area contributed by atoms with Crippen molar-refractivity contribution in [3.05, 3.63) is 0 Å². The lowest BCUT2D eigenvalue weighted by molar-refractivity contribution is 0.0391. The van der Waals surface area contributed by atoms with Gasteiger partial charge in [-0.05, 0) is 50.2 Å². The second kappa shape index (κ2) is 5.71. The van der Waals surface area contributed by atoms with Crippen LogP contribution in [0.2, 0.25) is 0 Å². The quantitative estimate of drug-likeness (QED) is 0.813. The normalized spacial score (nSPS) is 34.8. The fourth-order valence-corrected chi connectivity index (χ4v) is 3.75. The van der Waals surface area contributed by atoms with Crippen LogP contribution in [-0.2, 0) is 0 Å². The minimum atomic E-state index is 0.668. The van der Waals surface area contributed by atoms with E-state index >= 15 is 0 Å². The van der Waals surface area contributed by atoms with Gasteiger partial charge in [-0.25, -0.2) is 0 Å². The number of hydrogen-bond donors (Lipinski definition) is 1. The third-order valence-electron chi connectivity index (χ3n) is 5.61. The van der Waals surface area contributed by atoms with Gasteiger partial charge in [0, 0.05) is 12.6 Å². The second-order valence-corrected chi connectivity index (χ2v) is 6.28. The Balaban J connectivity index is 1.89. The smallest absolute Gasteiger partial charge is 0.0246 e. The molecule has 100 valence electrons. The van der Waals surface area contributed by atoms with Gasteiger partial charge in [0.15, 0.2) is 0 Å². The van der Waals surface area contributed by atoms with Crippen LogP contribution in [-0.4, -0.2) is 37.1 Å². The predicted octanol–water partition coefficient (Wildman–Crippen LogP) is 2.89. The van der Waals surface area contributed by atoms with Gasteiger partial charge in [0.2, 0.25) is 0 Å². The van der Waals surface area contributed by atoms with Gasteiger partial charge in [-0.1, -0.05) is 33.6 Å². The van der Waals surface area contributed by atoms with Crippen LogP contribution in [0.1, 0.15) is 52.9 Å². The summed E-state index contributed by atoms with van der Waals surface area (Å²) in [5.74, 6) is 0.881. The molecule has 0 aromatic heterocycles. The lowest BCUT2D eigenvalue weighted by Gasteiger charge is -2.46. The Morgan fingerprint density at radius 2 is 1.82 bits per heavy atom. The molecule has 2 aliphatic rings. The van der Waals surface area contributed by atoms with E-state index in [-0.39, 0.29) is 0 Å². The Labute approximate surface area is 107 Å². The molecule has 2 nitrogen and oxygen atoms in total. The molecule has 2 fully saturated rings. The van der Waals surface area contributed by atoms with Crippen molar-refractivity contribution in [2.75, 3.05) is 26.2 Å². The lowest BCUT2D eigenvalue weighted by Crippen LogP contribution is -2.54. The first-order valence-electron chi connectivity index (χ1n) is 7.65. The maximum atomic E-state index is 3.57. The highest BCUT2D eigenvalue weighted by molar-refractivity contribution is 4.90. The minimum absolute atomic E-state index is 0.668. The molecule has 0 aromatic carbocycles.